The summed E-state index contributed by atoms with van der Waals surface area (Å²) in [7, 11) is 0. The summed E-state index contributed by atoms with van der Waals surface area (Å²) in [6.45, 7) is 4.78. The van der Waals surface area contributed by atoms with Gasteiger partial charge in [0.05, 0.1) is 5.54 Å². The van der Waals surface area contributed by atoms with Gasteiger partial charge < -0.3 is 15.4 Å². The fraction of sp³-hybridized carbons (Fsp3) is 0.611. The molecule has 0 radical (unpaired) electrons. The Kier molecular flexibility index (Phi) is 9.48. The summed E-state index contributed by atoms with van der Waals surface area (Å²) in [5.74, 6) is 0.983. The predicted molar refractivity (Wildman–Crippen MR) is 110 cm³/mol. The molecule has 1 aliphatic carbocycles. The molecule has 0 bridgehead atoms. The number of amides is 1. The Bertz CT molecular complexity index is 557. The van der Waals surface area contributed by atoms with Gasteiger partial charge in [0.2, 0.25) is 5.91 Å². The van der Waals surface area contributed by atoms with E-state index in [0.29, 0.717) is 11.6 Å². The van der Waals surface area contributed by atoms with Crippen molar-refractivity contribution in [2.24, 2.45) is 5.73 Å². The van der Waals surface area contributed by atoms with E-state index in [9.17, 15) is 4.79 Å². The zero-order valence-corrected chi connectivity index (χ0v) is 17.3. The molecule has 1 aromatic rings. The Morgan fingerprint density at radius 3 is 2.23 bits per heavy atom. The molecule has 148 valence electrons. The van der Waals surface area contributed by atoms with Gasteiger partial charge in [0.15, 0.2) is 0 Å². The van der Waals surface area contributed by atoms with Crippen LogP contribution in [0, 0.1) is 0 Å². The lowest BCUT2D eigenvalue weighted by Crippen LogP contribution is -2.58. The third kappa shape index (κ3) is 5.89. The second-order valence-corrected chi connectivity index (χ2v) is 7.24. The first-order valence-electron chi connectivity index (χ1n) is 8.76. The third-order valence-electron chi connectivity index (χ3n) is 5.07. The molecule has 2 aliphatic rings. The van der Waals surface area contributed by atoms with Gasteiger partial charge in [0.1, 0.15) is 12.4 Å². The maximum Gasteiger partial charge on any atom is 0.242 e. The zero-order valence-electron chi connectivity index (χ0n) is 14.9. The lowest BCUT2D eigenvalue weighted by Gasteiger charge is -2.38. The van der Waals surface area contributed by atoms with Crippen LogP contribution in [0.3, 0.4) is 0 Å². The van der Waals surface area contributed by atoms with Crippen LogP contribution in [-0.2, 0) is 4.79 Å². The van der Waals surface area contributed by atoms with E-state index < -0.39 is 5.54 Å². The van der Waals surface area contributed by atoms with E-state index in [1.807, 2.05) is 29.2 Å². The van der Waals surface area contributed by atoms with Gasteiger partial charge in [-0.3, -0.25) is 9.69 Å². The fourth-order valence-electron chi connectivity index (χ4n) is 3.53. The molecule has 1 heterocycles. The average Bonchev–Trinajstić information content (AvgIpc) is 3.05. The number of benzene rings is 1. The van der Waals surface area contributed by atoms with E-state index >= 15 is 0 Å². The number of nitrogens with two attached hydrogens (primary N) is 1. The molecule has 0 atom stereocenters. The highest BCUT2D eigenvalue weighted by atomic mass is 35.5. The molecule has 0 spiro atoms. The molecule has 1 aliphatic heterocycles. The van der Waals surface area contributed by atoms with Gasteiger partial charge in [-0.05, 0) is 37.1 Å². The number of hydrogen-bond acceptors (Lipinski definition) is 4. The number of ether oxygens (including phenoxy) is 1. The van der Waals surface area contributed by atoms with E-state index in [4.69, 9.17) is 22.1 Å². The van der Waals surface area contributed by atoms with Crippen LogP contribution < -0.4 is 10.5 Å². The van der Waals surface area contributed by atoms with Crippen LogP contribution in [0.2, 0.25) is 5.02 Å². The number of piperazine rings is 1. The molecule has 5 nitrogen and oxygen atoms in total. The Hall–Kier alpha value is -0.720. The van der Waals surface area contributed by atoms with Crippen molar-refractivity contribution in [3.05, 3.63) is 29.3 Å². The molecule has 2 N–H and O–H groups in total. The van der Waals surface area contributed by atoms with Gasteiger partial charge in [0, 0.05) is 37.7 Å². The van der Waals surface area contributed by atoms with Crippen molar-refractivity contribution in [1.82, 2.24) is 9.80 Å². The van der Waals surface area contributed by atoms with Gasteiger partial charge in [-0.2, -0.15) is 0 Å². The Balaban J connectivity index is 0.00000169. The Morgan fingerprint density at radius 1 is 1.08 bits per heavy atom. The van der Waals surface area contributed by atoms with Crippen molar-refractivity contribution in [2.45, 2.75) is 31.2 Å². The van der Waals surface area contributed by atoms with Crippen LogP contribution in [0.25, 0.3) is 0 Å². The van der Waals surface area contributed by atoms with Crippen LogP contribution >= 0.6 is 36.4 Å². The monoisotopic (exact) mass is 423 g/mol. The minimum Gasteiger partial charge on any atom is -0.492 e. The molecule has 26 heavy (non-hydrogen) atoms. The summed E-state index contributed by atoms with van der Waals surface area (Å²) in [6, 6.07) is 7.41. The minimum absolute atomic E-state index is 0. The molecule has 1 saturated heterocycles. The molecule has 2 fully saturated rings. The highest BCUT2D eigenvalue weighted by Gasteiger charge is 2.40. The maximum absolute atomic E-state index is 12.6. The maximum atomic E-state index is 12.6. The van der Waals surface area contributed by atoms with Crippen molar-refractivity contribution in [1.29, 1.82) is 0 Å². The molecule has 0 unspecified atom stereocenters. The molecule has 1 aromatic carbocycles. The van der Waals surface area contributed by atoms with Gasteiger partial charge in [-0.15, -0.1) is 24.8 Å². The number of carbonyl (C=O) groups is 1. The van der Waals surface area contributed by atoms with E-state index in [2.05, 4.69) is 4.90 Å². The standard InChI is InChI=1S/C18H26ClN3O2.2ClH/c19-15-3-5-16(6-4-15)24-14-13-21-9-11-22(12-10-21)17(23)18(20)7-1-2-8-18;;/h3-6H,1-2,7-14,20H2;2*1H. The number of hydrogen-bond donors (Lipinski definition) is 1. The second-order valence-electron chi connectivity index (χ2n) is 6.80. The fourth-order valence-corrected chi connectivity index (χ4v) is 3.66. The third-order valence-corrected chi connectivity index (χ3v) is 5.32. The largest absolute Gasteiger partial charge is 0.492 e. The molecule has 1 saturated carbocycles. The molecule has 1 amide bonds. The zero-order chi connectivity index (χ0) is 17.0. The van der Waals surface area contributed by atoms with Crippen LogP contribution in [0.1, 0.15) is 25.7 Å². The van der Waals surface area contributed by atoms with Crippen LogP contribution in [-0.4, -0.2) is 60.6 Å². The average molecular weight is 425 g/mol. The van der Waals surface area contributed by atoms with Crippen molar-refractivity contribution in [3.63, 3.8) is 0 Å². The summed E-state index contributed by atoms with van der Waals surface area (Å²) in [4.78, 5) is 16.9. The summed E-state index contributed by atoms with van der Waals surface area (Å²) >= 11 is 5.86. The first-order valence-corrected chi connectivity index (χ1v) is 9.14. The number of halogens is 3. The Morgan fingerprint density at radius 2 is 1.65 bits per heavy atom. The number of carbonyl (C=O) groups excluding carboxylic acids is 1. The van der Waals surface area contributed by atoms with Gasteiger partial charge >= 0.3 is 0 Å². The highest BCUT2D eigenvalue weighted by Crippen LogP contribution is 2.29. The molecule has 3 rings (SSSR count). The van der Waals surface area contributed by atoms with Crippen molar-refractivity contribution >= 4 is 42.3 Å². The van der Waals surface area contributed by atoms with E-state index in [-0.39, 0.29) is 30.7 Å². The smallest absolute Gasteiger partial charge is 0.242 e. The van der Waals surface area contributed by atoms with Crippen molar-refractivity contribution in [3.8, 4) is 5.75 Å². The normalized spacial score (nSPS) is 19.4. The van der Waals surface area contributed by atoms with E-state index in [1.54, 1.807) is 0 Å². The first-order chi connectivity index (χ1) is 11.6. The minimum atomic E-state index is -0.597. The highest BCUT2D eigenvalue weighted by molar-refractivity contribution is 6.30. The molecule has 0 aromatic heterocycles. The second kappa shape index (κ2) is 10.6. The molecular weight excluding hydrogens is 397 g/mol. The lowest BCUT2D eigenvalue weighted by molar-refractivity contribution is -0.138. The van der Waals surface area contributed by atoms with Crippen molar-refractivity contribution < 1.29 is 9.53 Å². The summed E-state index contributed by atoms with van der Waals surface area (Å²) in [5, 5.41) is 0.711. The van der Waals surface area contributed by atoms with Crippen LogP contribution in [0.4, 0.5) is 0 Å². The van der Waals surface area contributed by atoms with E-state index in [0.717, 1.165) is 64.2 Å². The topological polar surface area (TPSA) is 58.8 Å². The van der Waals surface area contributed by atoms with Gasteiger partial charge in [0.25, 0.3) is 0 Å². The van der Waals surface area contributed by atoms with Crippen LogP contribution in [0.5, 0.6) is 5.75 Å². The van der Waals surface area contributed by atoms with E-state index in [1.165, 1.54) is 0 Å². The summed E-state index contributed by atoms with van der Waals surface area (Å²) in [5.41, 5.74) is 5.69. The summed E-state index contributed by atoms with van der Waals surface area (Å²) < 4.78 is 5.73. The van der Waals surface area contributed by atoms with Crippen LogP contribution in [0.15, 0.2) is 24.3 Å². The molecular formula is C18H28Cl3N3O2. The summed E-state index contributed by atoms with van der Waals surface area (Å²) in [6.07, 6.45) is 3.82. The number of nitrogens with zero attached hydrogens (tertiary/aromatic N) is 2. The van der Waals surface area contributed by atoms with Crippen molar-refractivity contribution in [2.75, 3.05) is 39.3 Å². The lowest BCUT2D eigenvalue weighted by atomic mass is 9.97. The SMILES string of the molecule is Cl.Cl.NC1(C(=O)N2CCN(CCOc3ccc(Cl)cc3)CC2)CCCC1. The van der Waals surface area contributed by atoms with Gasteiger partial charge in [-0.25, -0.2) is 0 Å². The first kappa shape index (κ1) is 23.3. The van der Waals surface area contributed by atoms with Gasteiger partial charge in [-0.1, -0.05) is 24.4 Å². The molecule has 8 heteroatoms. The quantitative estimate of drug-likeness (QED) is 0.789. The number of rotatable bonds is 5. The predicted octanol–water partition coefficient (Wildman–Crippen LogP) is 2.98. The Labute approximate surface area is 173 Å².